The summed E-state index contributed by atoms with van der Waals surface area (Å²) in [5.74, 6) is 0.367. The van der Waals surface area contributed by atoms with Crippen molar-refractivity contribution >= 4 is 21.8 Å². The van der Waals surface area contributed by atoms with E-state index in [1.165, 1.54) is 33.5 Å². The van der Waals surface area contributed by atoms with Gasteiger partial charge in [0.15, 0.2) is 6.61 Å². The van der Waals surface area contributed by atoms with E-state index in [0.29, 0.717) is 50.8 Å². The van der Waals surface area contributed by atoms with Crippen molar-refractivity contribution in [3.05, 3.63) is 90.0 Å². The number of benzene rings is 3. The van der Waals surface area contributed by atoms with Gasteiger partial charge in [0.1, 0.15) is 17.5 Å². The van der Waals surface area contributed by atoms with Crippen LogP contribution in [-0.2, 0) is 37.3 Å². The summed E-state index contributed by atoms with van der Waals surface area (Å²) >= 11 is 0. The number of nitrogens with zero attached hydrogens (tertiary/aromatic N) is 2. The Hall–Kier alpha value is -3.93. The van der Waals surface area contributed by atoms with Crippen LogP contribution in [0.2, 0.25) is 0 Å². The summed E-state index contributed by atoms with van der Waals surface area (Å²) in [5.41, 5.74) is 1.93. The molecule has 42 heavy (non-hydrogen) atoms. The van der Waals surface area contributed by atoms with Gasteiger partial charge in [-0.25, -0.2) is 8.42 Å². The highest BCUT2D eigenvalue weighted by molar-refractivity contribution is 7.89. The maximum absolute atomic E-state index is 13.4. The van der Waals surface area contributed by atoms with Gasteiger partial charge in [0.2, 0.25) is 15.9 Å². The quantitative estimate of drug-likeness (QED) is 0.323. The van der Waals surface area contributed by atoms with Crippen molar-refractivity contribution < 1.29 is 32.2 Å². The van der Waals surface area contributed by atoms with Gasteiger partial charge in [-0.15, -0.1) is 0 Å². The van der Waals surface area contributed by atoms with Crippen molar-refractivity contribution in [2.24, 2.45) is 0 Å². The predicted molar refractivity (Wildman–Crippen MR) is 158 cm³/mol. The van der Waals surface area contributed by atoms with Crippen LogP contribution in [-0.4, -0.2) is 82.0 Å². The van der Waals surface area contributed by atoms with Crippen molar-refractivity contribution in [3.8, 4) is 11.5 Å². The zero-order chi connectivity index (χ0) is 30.0. The van der Waals surface area contributed by atoms with E-state index in [4.69, 9.17) is 14.2 Å². The number of hydrogen-bond donors (Lipinski definition) is 1. The Bertz CT molecular complexity index is 1410. The normalized spacial score (nSPS) is 14.5. The number of rotatable bonds is 13. The van der Waals surface area contributed by atoms with Crippen LogP contribution >= 0.6 is 0 Å². The summed E-state index contributed by atoms with van der Waals surface area (Å²) in [7, 11) is -2.06. The summed E-state index contributed by atoms with van der Waals surface area (Å²) in [5, 5.41) is 2.93. The summed E-state index contributed by atoms with van der Waals surface area (Å²) in [6.45, 7) is 3.31. The molecular formula is C31H37N3O7S. The second-order valence-electron chi connectivity index (χ2n) is 9.85. The van der Waals surface area contributed by atoms with Gasteiger partial charge in [0.25, 0.3) is 5.91 Å². The minimum atomic E-state index is -3.64. The fraction of sp³-hybridized carbons (Fsp3) is 0.355. The molecule has 0 spiro atoms. The number of carbonyl (C=O) groups excluding carboxylic acids is 2. The molecule has 1 saturated heterocycles. The van der Waals surface area contributed by atoms with Gasteiger partial charge >= 0.3 is 0 Å². The lowest BCUT2D eigenvalue weighted by Gasteiger charge is -2.29. The molecule has 1 heterocycles. The van der Waals surface area contributed by atoms with E-state index in [9.17, 15) is 18.0 Å². The average molecular weight is 596 g/mol. The molecule has 0 aromatic heterocycles. The van der Waals surface area contributed by atoms with E-state index >= 15 is 0 Å². The number of amides is 2. The highest BCUT2D eigenvalue weighted by atomic mass is 32.2. The van der Waals surface area contributed by atoms with Crippen molar-refractivity contribution in [3.63, 3.8) is 0 Å². The maximum atomic E-state index is 13.4. The second-order valence-corrected chi connectivity index (χ2v) is 11.8. The van der Waals surface area contributed by atoms with Crippen molar-refractivity contribution in [2.45, 2.75) is 30.8 Å². The molecule has 3 aromatic carbocycles. The van der Waals surface area contributed by atoms with E-state index in [1.54, 1.807) is 26.2 Å². The minimum absolute atomic E-state index is 0.144. The molecule has 1 N–H and O–H groups in total. The molecule has 0 saturated carbocycles. The number of morpholine rings is 1. The van der Waals surface area contributed by atoms with Gasteiger partial charge in [-0.05, 0) is 60.9 Å². The fourth-order valence-corrected chi connectivity index (χ4v) is 5.91. The Labute approximate surface area is 247 Å². The van der Waals surface area contributed by atoms with Gasteiger partial charge in [-0.3, -0.25) is 9.59 Å². The smallest absolute Gasteiger partial charge is 0.261 e. The standard InChI is InChI=1S/C31H37N3O7S/c1-24(31(36)32-17-16-25-6-4-3-5-7-25)34(22-26-8-10-27(39-2)11-9-26)30(35)23-41-28-12-14-29(15-13-28)42(37,38)33-18-20-40-21-19-33/h3-15,24H,16-23H2,1-2H3,(H,32,36)/t24-/m0/s1. The van der Waals surface area contributed by atoms with Crippen LogP contribution in [0.3, 0.4) is 0 Å². The number of hydrogen-bond acceptors (Lipinski definition) is 7. The van der Waals surface area contributed by atoms with Gasteiger partial charge in [-0.1, -0.05) is 42.5 Å². The summed E-state index contributed by atoms with van der Waals surface area (Å²) in [6.07, 6.45) is 0.673. The molecule has 10 nitrogen and oxygen atoms in total. The third-order valence-electron chi connectivity index (χ3n) is 7.03. The molecule has 1 aliphatic heterocycles. The molecule has 11 heteroatoms. The number of carbonyl (C=O) groups is 2. The third kappa shape index (κ3) is 8.31. The summed E-state index contributed by atoms with van der Waals surface area (Å²) in [6, 6.07) is 22.3. The second kappa shape index (κ2) is 14.8. The average Bonchev–Trinajstić information content (AvgIpc) is 3.03. The van der Waals surface area contributed by atoms with Gasteiger partial charge < -0.3 is 24.4 Å². The van der Waals surface area contributed by atoms with Crippen LogP contribution < -0.4 is 14.8 Å². The van der Waals surface area contributed by atoms with Crippen molar-refractivity contribution in [2.75, 3.05) is 46.6 Å². The Balaban J connectivity index is 1.40. The predicted octanol–water partition coefficient (Wildman–Crippen LogP) is 2.87. The minimum Gasteiger partial charge on any atom is -0.497 e. The highest BCUT2D eigenvalue weighted by Gasteiger charge is 2.28. The molecule has 2 amide bonds. The van der Waals surface area contributed by atoms with Gasteiger partial charge in [0.05, 0.1) is 25.2 Å². The molecule has 224 valence electrons. The maximum Gasteiger partial charge on any atom is 0.261 e. The summed E-state index contributed by atoms with van der Waals surface area (Å²) < 4.78 is 43.4. The molecule has 0 bridgehead atoms. The first-order valence-corrected chi connectivity index (χ1v) is 15.3. The molecule has 1 fully saturated rings. The van der Waals surface area contributed by atoms with Crippen LogP contribution in [0.5, 0.6) is 11.5 Å². The van der Waals surface area contributed by atoms with Crippen LogP contribution in [0.25, 0.3) is 0 Å². The van der Waals surface area contributed by atoms with E-state index < -0.39 is 16.1 Å². The Morgan fingerprint density at radius 2 is 1.57 bits per heavy atom. The highest BCUT2D eigenvalue weighted by Crippen LogP contribution is 2.21. The Morgan fingerprint density at radius 3 is 2.21 bits per heavy atom. The Morgan fingerprint density at radius 1 is 0.929 bits per heavy atom. The van der Waals surface area contributed by atoms with Crippen LogP contribution in [0.4, 0.5) is 0 Å². The zero-order valence-corrected chi connectivity index (χ0v) is 24.7. The number of sulfonamides is 1. The monoisotopic (exact) mass is 595 g/mol. The topological polar surface area (TPSA) is 114 Å². The van der Waals surface area contributed by atoms with Crippen LogP contribution in [0.1, 0.15) is 18.1 Å². The van der Waals surface area contributed by atoms with Crippen LogP contribution in [0, 0.1) is 0 Å². The number of nitrogens with one attached hydrogen (secondary N) is 1. The molecule has 4 rings (SSSR count). The first kappa shape index (κ1) is 31.0. The van der Waals surface area contributed by atoms with Crippen LogP contribution in [0.15, 0.2) is 83.8 Å². The number of ether oxygens (including phenoxy) is 3. The number of methoxy groups -OCH3 is 1. The lowest BCUT2D eigenvalue weighted by Crippen LogP contribution is -2.49. The molecule has 1 atom stereocenters. The molecule has 0 radical (unpaired) electrons. The van der Waals surface area contributed by atoms with Gasteiger partial charge in [-0.2, -0.15) is 4.31 Å². The van der Waals surface area contributed by atoms with Crippen molar-refractivity contribution in [1.29, 1.82) is 0 Å². The van der Waals surface area contributed by atoms with E-state index in [0.717, 1.165) is 11.1 Å². The third-order valence-corrected chi connectivity index (χ3v) is 8.94. The molecule has 1 aliphatic rings. The molecule has 0 aliphatic carbocycles. The molecule has 0 unspecified atom stereocenters. The lowest BCUT2D eigenvalue weighted by atomic mass is 10.1. The van der Waals surface area contributed by atoms with Gasteiger partial charge in [0, 0.05) is 26.2 Å². The fourth-order valence-electron chi connectivity index (χ4n) is 4.50. The first-order valence-electron chi connectivity index (χ1n) is 13.8. The Kier molecular flexibility index (Phi) is 10.9. The molecule has 3 aromatic rings. The zero-order valence-electron chi connectivity index (χ0n) is 23.9. The largest absolute Gasteiger partial charge is 0.497 e. The van der Waals surface area contributed by atoms with E-state index in [1.807, 2.05) is 42.5 Å². The van der Waals surface area contributed by atoms with E-state index in [2.05, 4.69) is 5.32 Å². The summed E-state index contributed by atoms with van der Waals surface area (Å²) in [4.78, 5) is 28.1. The van der Waals surface area contributed by atoms with E-state index in [-0.39, 0.29) is 29.9 Å². The first-order chi connectivity index (χ1) is 20.3. The SMILES string of the molecule is COc1ccc(CN(C(=O)COc2ccc(S(=O)(=O)N3CCOCC3)cc2)[C@@H](C)C(=O)NCCc2ccccc2)cc1. The van der Waals surface area contributed by atoms with Crippen molar-refractivity contribution in [1.82, 2.24) is 14.5 Å². The molecular weight excluding hydrogens is 558 g/mol. The lowest BCUT2D eigenvalue weighted by molar-refractivity contribution is -0.142.